The molecule has 0 bridgehead atoms. The van der Waals surface area contributed by atoms with E-state index in [1.165, 1.54) is 0 Å². The van der Waals surface area contributed by atoms with Crippen LogP contribution in [0.3, 0.4) is 0 Å². The number of aromatic nitrogens is 2. The van der Waals surface area contributed by atoms with Gasteiger partial charge in [0.2, 0.25) is 0 Å². The van der Waals surface area contributed by atoms with E-state index in [4.69, 9.17) is 0 Å². The maximum Gasteiger partial charge on any atom is 0.160 e. The fourth-order valence-corrected chi connectivity index (χ4v) is 0.421. The van der Waals surface area contributed by atoms with Crippen molar-refractivity contribution in [1.82, 2.24) is 10.2 Å². The molecule has 0 atom stereocenters. The van der Waals surface area contributed by atoms with Gasteiger partial charge in [-0.1, -0.05) is 5.51 Å². The minimum absolute atomic E-state index is 0. The first-order valence-corrected chi connectivity index (χ1v) is 2.13. The summed E-state index contributed by atoms with van der Waals surface area (Å²) >= 11 is 0.931. The molecule has 1 aromatic rings. The predicted molar refractivity (Wildman–Crippen MR) is 21.6 cm³/mol. The number of H-pyrrole nitrogens is 1. The standard InChI is InChI=1S/C2HN2OS.Y/c5-2-4-3-1-6-2;/h(H,4,5);/q-1;. The minimum atomic E-state index is -0.157. The van der Waals surface area contributed by atoms with Gasteiger partial charge in [0.25, 0.3) is 0 Å². The van der Waals surface area contributed by atoms with Crippen LogP contribution >= 0.6 is 11.3 Å². The zero-order valence-corrected chi connectivity index (χ0v) is 7.00. The van der Waals surface area contributed by atoms with E-state index in [1.807, 2.05) is 0 Å². The van der Waals surface area contributed by atoms with Crippen LogP contribution in [0.4, 0.5) is 0 Å². The van der Waals surface area contributed by atoms with Gasteiger partial charge >= 0.3 is 0 Å². The second-order valence-corrected chi connectivity index (χ2v) is 1.46. The molecule has 0 unspecified atom stereocenters. The molecule has 0 saturated heterocycles. The summed E-state index contributed by atoms with van der Waals surface area (Å²) in [5.41, 5.74) is 2.35. The van der Waals surface area contributed by atoms with Crippen molar-refractivity contribution in [2.45, 2.75) is 0 Å². The Morgan fingerprint density at radius 2 is 2.57 bits per heavy atom. The fraction of sp³-hybridized carbons (Fsp3) is 0. The van der Waals surface area contributed by atoms with Gasteiger partial charge < -0.3 is 9.89 Å². The first-order valence-electron chi connectivity index (χ1n) is 1.31. The Balaban J connectivity index is 0.000000360. The molecular weight excluding hydrogens is 189 g/mol. The topological polar surface area (TPSA) is 45.8 Å². The van der Waals surface area contributed by atoms with Crippen molar-refractivity contribution < 1.29 is 32.7 Å². The van der Waals surface area contributed by atoms with E-state index in [0.29, 0.717) is 0 Å². The van der Waals surface area contributed by atoms with Gasteiger partial charge in [-0.2, -0.15) is 0 Å². The summed E-state index contributed by atoms with van der Waals surface area (Å²) in [6, 6.07) is 0. The molecule has 1 N–H and O–H groups in total. The molecule has 0 spiro atoms. The normalized spacial score (nSPS) is 7.43. The van der Waals surface area contributed by atoms with Crippen LogP contribution in [0.15, 0.2) is 4.79 Å². The molecule has 0 aliphatic rings. The van der Waals surface area contributed by atoms with E-state index in [-0.39, 0.29) is 37.6 Å². The monoisotopic (exact) mass is 190 g/mol. The number of rotatable bonds is 0. The van der Waals surface area contributed by atoms with Crippen molar-refractivity contribution in [2.75, 3.05) is 0 Å². The first kappa shape index (κ1) is 7.46. The number of nitrogens with one attached hydrogen (secondary N) is 1. The zero-order chi connectivity index (χ0) is 4.41. The predicted octanol–water partition coefficient (Wildman–Crippen LogP) is -0.371. The van der Waals surface area contributed by atoms with Gasteiger partial charge in [-0.25, -0.2) is 0 Å². The van der Waals surface area contributed by atoms with Crippen LogP contribution in [0.25, 0.3) is 0 Å². The maximum atomic E-state index is 9.94. The van der Waals surface area contributed by atoms with Crippen LogP contribution in [-0.4, -0.2) is 10.2 Å². The number of aromatic amines is 1. The Bertz CT molecular complexity index is 153. The van der Waals surface area contributed by atoms with Crippen molar-refractivity contribution in [3.63, 3.8) is 0 Å². The van der Waals surface area contributed by atoms with Gasteiger partial charge in [-0.05, 0) is 0 Å². The Morgan fingerprint density at radius 3 is 2.71 bits per heavy atom. The minimum Gasteiger partial charge on any atom is -0.369 e. The van der Waals surface area contributed by atoms with Crippen molar-refractivity contribution >= 4 is 11.3 Å². The molecule has 1 radical (unpaired) electrons. The van der Waals surface area contributed by atoms with E-state index in [2.05, 4.69) is 15.7 Å². The van der Waals surface area contributed by atoms with Gasteiger partial charge in [-0.15, -0.1) is 0 Å². The van der Waals surface area contributed by atoms with E-state index in [0.717, 1.165) is 11.3 Å². The Morgan fingerprint density at radius 1 is 1.86 bits per heavy atom. The van der Waals surface area contributed by atoms with Crippen molar-refractivity contribution in [1.29, 1.82) is 0 Å². The van der Waals surface area contributed by atoms with Crippen molar-refractivity contribution in [3.8, 4) is 0 Å². The summed E-state index contributed by atoms with van der Waals surface area (Å²) in [5, 5.41) is 5.44. The van der Waals surface area contributed by atoms with E-state index >= 15 is 0 Å². The molecule has 0 fully saturated rings. The van der Waals surface area contributed by atoms with Crippen LogP contribution in [0.5, 0.6) is 0 Å². The molecule has 35 valence electrons. The smallest absolute Gasteiger partial charge is 0.160 e. The average Bonchev–Trinajstić information content (AvgIpc) is 1.86. The molecule has 0 amide bonds. The molecule has 0 aromatic carbocycles. The summed E-state index contributed by atoms with van der Waals surface area (Å²) in [6.07, 6.45) is 0. The molecule has 0 aliphatic carbocycles. The third kappa shape index (κ3) is 2.31. The largest absolute Gasteiger partial charge is 0.369 e. The molecule has 3 nitrogen and oxygen atoms in total. The van der Waals surface area contributed by atoms with Crippen LogP contribution in [-0.2, 0) is 32.7 Å². The Labute approximate surface area is 69.0 Å². The van der Waals surface area contributed by atoms with Gasteiger partial charge in [0, 0.05) is 32.7 Å². The number of hydrogen-bond acceptors (Lipinski definition) is 3. The average molecular weight is 190 g/mol. The zero-order valence-electron chi connectivity index (χ0n) is 3.34. The van der Waals surface area contributed by atoms with Gasteiger partial charge in [0.15, 0.2) is 4.87 Å². The summed E-state index contributed by atoms with van der Waals surface area (Å²) in [4.78, 5) is 9.78. The Kier molecular flexibility index (Phi) is 3.69. The van der Waals surface area contributed by atoms with Crippen LogP contribution in [0.1, 0.15) is 0 Å². The molecule has 1 rings (SSSR count). The van der Waals surface area contributed by atoms with E-state index < -0.39 is 0 Å². The van der Waals surface area contributed by atoms with Crippen molar-refractivity contribution in [2.24, 2.45) is 0 Å². The van der Waals surface area contributed by atoms with E-state index in [1.54, 1.807) is 0 Å². The second kappa shape index (κ2) is 3.46. The van der Waals surface area contributed by atoms with Gasteiger partial charge in [-0.3, -0.25) is 16.4 Å². The SMILES string of the molecule is O=c1[nH]n[c-]s1.[Y]. The molecule has 1 heterocycles. The van der Waals surface area contributed by atoms with Gasteiger partial charge in [0.05, 0.1) is 0 Å². The fourth-order valence-electron chi connectivity index (χ4n) is 0.156. The Hall–Kier alpha value is 0.464. The molecular formula is C2HN2OSY-. The molecule has 0 saturated carbocycles. The van der Waals surface area contributed by atoms with Crippen LogP contribution in [0, 0.1) is 5.51 Å². The van der Waals surface area contributed by atoms with E-state index in [9.17, 15) is 4.79 Å². The quantitative estimate of drug-likeness (QED) is 0.567. The second-order valence-electron chi connectivity index (χ2n) is 0.704. The molecule has 1 aromatic heterocycles. The maximum absolute atomic E-state index is 9.94. The third-order valence-corrected chi connectivity index (χ3v) is 0.790. The summed E-state index contributed by atoms with van der Waals surface area (Å²) in [6.45, 7) is 0. The third-order valence-electron chi connectivity index (χ3n) is 0.331. The summed E-state index contributed by atoms with van der Waals surface area (Å²) in [7, 11) is 0. The van der Waals surface area contributed by atoms with Crippen molar-refractivity contribution in [3.05, 3.63) is 15.2 Å². The molecule has 7 heavy (non-hydrogen) atoms. The first-order chi connectivity index (χ1) is 2.89. The summed E-state index contributed by atoms with van der Waals surface area (Å²) in [5.74, 6) is 0. The van der Waals surface area contributed by atoms with Gasteiger partial charge in [0.1, 0.15) is 0 Å². The molecule has 0 aliphatic heterocycles. The number of hydrogen-bond donors (Lipinski definition) is 1. The van der Waals surface area contributed by atoms with Crippen LogP contribution < -0.4 is 4.87 Å². The summed E-state index contributed by atoms with van der Waals surface area (Å²) < 4.78 is 0. The number of nitrogens with zero attached hydrogens (tertiary/aromatic N) is 1. The van der Waals surface area contributed by atoms with Crippen LogP contribution in [0.2, 0.25) is 0 Å². The molecule has 5 heteroatoms.